The van der Waals surface area contributed by atoms with Gasteiger partial charge in [-0.25, -0.2) is 4.99 Å². The number of rotatable bonds is 4. The second kappa shape index (κ2) is 9.98. The average Bonchev–Trinajstić information content (AvgIpc) is 3.31. The Kier molecular flexibility index (Phi) is 6.15. The van der Waals surface area contributed by atoms with Crippen molar-refractivity contribution in [3.8, 4) is 11.1 Å². The number of hydrogen-bond acceptors (Lipinski definition) is 2. The molecular formula is C37H35N3. The second-order valence-electron chi connectivity index (χ2n) is 11.5. The van der Waals surface area contributed by atoms with Crippen LogP contribution in [0.1, 0.15) is 42.5 Å². The molecule has 1 aliphatic heterocycles. The molecule has 2 aliphatic rings. The highest BCUT2D eigenvalue weighted by Gasteiger charge is 2.33. The normalized spacial score (nSPS) is 20.7. The molecule has 1 aromatic heterocycles. The standard InChI is InChI=1S/C37H35N3/c1-25-21-31-32-23-30(27-13-7-4-8-14-27)19-20-34(32)40(36(31)22-26(25)2)37-38-33(28-15-9-5-10-16-28)24-35(39(37)3)29-17-11-6-12-18-29/h4-20,23-26,37H,21-22H2,1-3H3. The Morgan fingerprint density at radius 3 is 1.93 bits per heavy atom. The monoisotopic (exact) mass is 521 g/mol. The zero-order valence-corrected chi connectivity index (χ0v) is 23.5. The Labute approximate surface area is 237 Å². The number of benzene rings is 4. The molecule has 5 aromatic rings. The van der Waals surface area contributed by atoms with Crippen LogP contribution in [0, 0.1) is 11.8 Å². The molecule has 3 heteroatoms. The molecule has 4 aromatic carbocycles. The fourth-order valence-electron chi connectivity index (χ4n) is 6.48. The van der Waals surface area contributed by atoms with E-state index in [4.69, 9.17) is 4.99 Å². The van der Waals surface area contributed by atoms with Crippen molar-refractivity contribution in [2.75, 3.05) is 7.05 Å². The van der Waals surface area contributed by atoms with Gasteiger partial charge in [-0.15, -0.1) is 0 Å². The molecule has 3 nitrogen and oxygen atoms in total. The Balaban J connectivity index is 1.45. The van der Waals surface area contributed by atoms with Gasteiger partial charge in [-0.3, -0.25) is 0 Å². The van der Waals surface area contributed by atoms with Gasteiger partial charge >= 0.3 is 0 Å². The maximum absolute atomic E-state index is 5.46. The average molecular weight is 522 g/mol. The summed E-state index contributed by atoms with van der Waals surface area (Å²) in [5.74, 6) is 1.28. The number of aliphatic imine (C=N–C) groups is 1. The van der Waals surface area contributed by atoms with Crippen molar-refractivity contribution in [3.05, 3.63) is 138 Å². The Morgan fingerprint density at radius 1 is 0.650 bits per heavy atom. The lowest BCUT2D eigenvalue weighted by molar-refractivity contribution is 0.259. The number of allylic oxidation sites excluding steroid dienone is 1. The van der Waals surface area contributed by atoms with Crippen LogP contribution in [0.25, 0.3) is 27.7 Å². The molecule has 0 fully saturated rings. The van der Waals surface area contributed by atoms with Crippen LogP contribution in [0.2, 0.25) is 0 Å². The predicted molar refractivity (Wildman–Crippen MR) is 167 cm³/mol. The van der Waals surface area contributed by atoms with Gasteiger partial charge in [0.2, 0.25) is 6.29 Å². The largest absolute Gasteiger partial charge is 0.335 e. The van der Waals surface area contributed by atoms with E-state index in [1.54, 1.807) is 0 Å². The van der Waals surface area contributed by atoms with Crippen LogP contribution in [0.3, 0.4) is 0 Å². The topological polar surface area (TPSA) is 20.5 Å². The number of hydrogen-bond donors (Lipinski definition) is 0. The molecule has 0 saturated carbocycles. The summed E-state index contributed by atoms with van der Waals surface area (Å²) in [6.07, 6.45) is 4.24. The molecule has 3 unspecified atom stereocenters. The van der Waals surface area contributed by atoms with Crippen LogP contribution in [0.4, 0.5) is 0 Å². The first kappa shape index (κ1) is 24.7. The van der Waals surface area contributed by atoms with Gasteiger partial charge in [0.1, 0.15) is 0 Å². The SMILES string of the molecule is CC1Cc2c(n(C3N=C(c4ccccc4)C=C(c4ccccc4)N3C)c3ccc(-c4ccccc4)cc23)CC1C. The first-order chi connectivity index (χ1) is 19.6. The van der Waals surface area contributed by atoms with E-state index >= 15 is 0 Å². The third kappa shape index (κ3) is 4.17. The summed E-state index contributed by atoms with van der Waals surface area (Å²) in [5.41, 5.74) is 11.3. The summed E-state index contributed by atoms with van der Waals surface area (Å²) in [6, 6.07) is 39.1. The molecule has 198 valence electrons. The van der Waals surface area contributed by atoms with Gasteiger partial charge in [-0.05, 0) is 70.7 Å². The van der Waals surface area contributed by atoms with Gasteiger partial charge in [0.25, 0.3) is 0 Å². The molecule has 7 rings (SSSR count). The number of nitrogens with zero attached hydrogens (tertiary/aromatic N) is 3. The van der Waals surface area contributed by atoms with Crippen molar-refractivity contribution in [2.24, 2.45) is 16.8 Å². The van der Waals surface area contributed by atoms with Crippen molar-refractivity contribution in [3.63, 3.8) is 0 Å². The fraction of sp³-hybridized carbons (Fsp3) is 0.216. The van der Waals surface area contributed by atoms with Crippen molar-refractivity contribution in [1.82, 2.24) is 9.47 Å². The molecule has 0 bridgehead atoms. The molecule has 0 amide bonds. The smallest absolute Gasteiger partial charge is 0.203 e. The predicted octanol–water partition coefficient (Wildman–Crippen LogP) is 8.61. The number of aromatic nitrogens is 1. The van der Waals surface area contributed by atoms with E-state index in [-0.39, 0.29) is 6.29 Å². The van der Waals surface area contributed by atoms with Crippen molar-refractivity contribution in [2.45, 2.75) is 33.0 Å². The van der Waals surface area contributed by atoms with Gasteiger partial charge in [0.05, 0.1) is 11.2 Å². The van der Waals surface area contributed by atoms with E-state index in [9.17, 15) is 0 Å². The zero-order chi connectivity index (χ0) is 27.2. The molecule has 0 radical (unpaired) electrons. The summed E-state index contributed by atoms with van der Waals surface area (Å²) in [5, 5.41) is 1.37. The summed E-state index contributed by atoms with van der Waals surface area (Å²) in [6.45, 7) is 4.82. The van der Waals surface area contributed by atoms with E-state index in [0.717, 1.165) is 24.1 Å². The molecule has 40 heavy (non-hydrogen) atoms. The second-order valence-corrected chi connectivity index (χ2v) is 11.5. The molecule has 2 heterocycles. The Morgan fingerprint density at radius 2 is 1.25 bits per heavy atom. The minimum absolute atomic E-state index is 0.176. The van der Waals surface area contributed by atoms with Gasteiger partial charge in [-0.1, -0.05) is 111 Å². The first-order valence-corrected chi connectivity index (χ1v) is 14.4. The van der Waals surface area contributed by atoms with E-state index < -0.39 is 0 Å². The van der Waals surface area contributed by atoms with Crippen LogP contribution < -0.4 is 0 Å². The Bertz CT molecular complexity index is 1730. The molecule has 0 N–H and O–H groups in total. The van der Waals surface area contributed by atoms with Crippen LogP contribution in [-0.2, 0) is 12.8 Å². The van der Waals surface area contributed by atoms with Gasteiger partial charge < -0.3 is 9.47 Å². The van der Waals surface area contributed by atoms with Crippen molar-refractivity contribution in [1.29, 1.82) is 0 Å². The molecular weight excluding hydrogens is 486 g/mol. The molecule has 0 saturated heterocycles. The lowest BCUT2D eigenvalue weighted by Gasteiger charge is -2.37. The molecule has 1 aliphatic carbocycles. The van der Waals surface area contributed by atoms with E-state index in [1.807, 2.05) is 0 Å². The highest BCUT2D eigenvalue weighted by Crippen LogP contribution is 2.42. The lowest BCUT2D eigenvalue weighted by atomic mass is 9.80. The van der Waals surface area contributed by atoms with Gasteiger partial charge in [-0.2, -0.15) is 0 Å². The zero-order valence-electron chi connectivity index (χ0n) is 23.5. The van der Waals surface area contributed by atoms with Gasteiger partial charge in [0, 0.05) is 23.8 Å². The molecule has 3 atom stereocenters. The van der Waals surface area contributed by atoms with E-state index in [2.05, 4.69) is 146 Å². The Hall–Kier alpha value is -4.37. The quantitative estimate of drug-likeness (QED) is 0.232. The third-order valence-corrected chi connectivity index (χ3v) is 8.96. The van der Waals surface area contributed by atoms with E-state index in [0.29, 0.717) is 11.8 Å². The summed E-state index contributed by atoms with van der Waals surface area (Å²) < 4.78 is 2.54. The van der Waals surface area contributed by atoms with Gasteiger partial charge in [0.15, 0.2) is 0 Å². The highest BCUT2D eigenvalue weighted by atomic mass is 15.4. The minimum atomic E-state index is -0.176. The highest BCUT2D eigenvalue weighted by molar-refractivity contribution is 6.13. The van der Waals surface area contributed by atoms with Crippen LogP contribution in [-0.4, -0.2) is 22.2 Å². The molecule has 0 spiro atoms. The fourth-order valence-corrected chi connectivity index (χ4v) is 6.48. The van der Waals surface area contributed by atoms with Crippen LogP contribution >= 0.6 is 0 Å². The van der Waals surface area contributed by atoms with Crippen LogP contribution in [0.5, 0.6) is 0 Å². The van der Waals surface area contributed by atoms with Crippen molar-refractivity contribution < 1.29 is 0 Å². The van der Waals surface area contributed by atoms with E-state index in [1.165, 1.54) is 44.5 Å². The van der Waals surface area contributed by atoms with Crippen molar-refractivity contribution >= 4 is 22.3 Å². The summed E-state index contributed by atoms with van der Waals surface area (Å²) in [7, 11) is 2.19. The first-order valence-electron chi connectivity index (χ1n) is 14.4. The summed E-state index contributed by atoms with van der Waals surface area (Å²) in [4.78, 5) is 7.82. The maximum atomic E-state index is 5.46. The lowest BCUT2D eigenvalue weighted by Crippen LogP contribution is -2.33. The number of fused-ring (bicyclic) bond motifs is 3. The minimum Gasteiger partial charge on any atom is -0.335 e. The summed E-state index contributed by atoms with van der Waals surface area (Å²) >= 11 is 0. The maximum Gasteiger partial charge on any atom is 0.203 e. The third-order valence-electron chi connectivity index (χ3n) is 8.96. The van der Waals surface area contributed by atoms with Crippen LogP contribution in [0.15, 0.2) is 120 Å².